The summed E-state index contributed by atoms with van der Waals surface area (Å²) in [6.07, 6.45) is 4.37. The van der Waals surface area contributed by atoms with Crippen molar-refractivity contribution >= 4 is 16.8 Å². The molecule has 0 spiro atoms. The first-order chi connectivity index (χ1) is 10.6. The van der Waals surface area contributed by atoms with E-state index in [-0.39, 0.29) is 5.91 Å². The van der Waals surface area contributed by atoms with Crippen LogP contribution in [0, 0.1) is 6.92 Å². The van der Waals surface area contributed by atoms with Gasteiger partial charge >= 0.3 is 0 Å². The van der Waals surface area contributed by atoms with Crippen LogP contribution in [0.25, 0.3) is 10.9 Å². The molecule has 0 saturated heterocycles. The van der Waals surface area contributed by atoms with E-state index in [2.05, 4.69) is 23.0 Å². The zero-order valence-corrected chi connectivity index (χ0v) is 12.8. The second kappa shape index (κ2) is 6.02. The lowest BCUT2D eigenvalue weighted by atomic mass is 10.2. The Kier molecular flexibility index (Phi) is 3.92. The minimum Gasteiger partial charge on any atom is -0.351 e. The highest BCUT2D eigenvalue weighted by Gasteiger charge is 2.14. The monoisotopic (exact) mass is 293 g/mol. The van der Waals surface area contributed by atoms with E-state index < -0.39 is 0 Å². The highest BCUT2D eigenvalue weighted by molar-refractivity contribution is 5.98. The summed E-state index contributed by atoms with van der Waals surface area (Å²) in [4.78, 5) is 21.5. The van der Waals surface area contributed by atoms with E-state index >= 15 is 0 Å². The smallest absolute Gasteiger partial charge is 0.270 e. The summed E-state index contributed by atoms with van der Waals surface area (Å²) in [5, 5.41) is 1.07. The molecule has 0 aliphatic rings. The molecule has 4 heteroatoms. The molecule has 0 saturated carbocycles. The maximum Gasteiger partial charge on any atom is 0.270 e. The van der Waals surface area contributed by atoms with Crippen molar-refractivity contribution < 1.29 is 4.79 Å². The molecular formula is C18H19N3O. The Bertz CT molecular complexity index is 792. The molecular weight excluding hydrogens is 274 g/mol. The summed E-state index contributed by atoms with van der Waals surface area (Å²) < 4.78 is 0. The van der Waals surface area contributed by atoms with Gasteiger partial charge in [-0.2, -0.15) is 0 Å². The van der Waals surface area contributed by atoms with Gasteiger partial charge in [-0.25, -0.2) is 0 Å². The minimum absolute atomic E-state index is 0.0166. The van der Waals surface area contributed by atoms with Gasteiger partial charge in [0.05, 0.1) is 0 Å². The van der Waals surface area contributed by atoms with E-state index in [1.807, 2.05) is 37.4 Å². The standard InChI is InChI=1S/C18H19N3O/c1-13-3-4-16-15(11-13)12-17(20-16)18(22)21(2)10-7-14-5-8-19-9-6-14/h3-6,8-9,11-12,20H,7,10H2,1-2H3. The average molecular weight is 293 g/mol. The van der Waals surface area contributed by atoms with Gasteiger partial charge < -0.3 is 9.88 Å². The Balaban J connectivity index is 1.71. The van der Waals surface area contributed by atoms with Crippen LogP contribution in [0.3, 0.4) is 0 Å². The molecule has 0 unspecified atom stereocenters. The average Bonchev–Trinajstić information content (AvgIpc) is 2.95. The molecule has 0 aliphatic heterocycles. The van der Waals surface area contributed by atoms with Crippen LogP contribution in [0.15, 0.2) is 48.8 Å². The molecule has 0 aliphatic carbocycles. The number of carbonyl (C=O) groups is 1. The largest absolute Gasteiger partial charge is 0.351 e. The van der Waals surface area contributed by atoms with Crippen molar-refractivity contribution in [3.63, 3.8) is 0 Å². The van der Waals surface area contributed by atoms with Gasteiger partial charge in [-0.3, -0.25) is 9.78 Å². The molecule has 0 radical (unpaired) electrons. The van der Waals surface area contributed by atoms with Crippen LogP contribution < -0.4 is 0 Å². The molecule has 0 atom stereocenters. The number of aromatic nitrogens is 2. The Hall–Kier alpha value is -2.62. The number of benzene rings is 1. The summed E-state index contributed by atoms with van der Waals surface area (Å²) >= 11 is 0. The van der Waals surface area contributed by atoms with Gasteiger partial charge in [0.25, 0.3) is 5.91 Å². The quantitative estimate of drug-likeness (QED) is 0.803. The maximum atomic E-state index is 12.5. The van der Waals surface area contributed by atoms with E-state index in [1.165, 1.54) is 11.1 Å². The van der Waals surface area contributed by atoms with Crippen LogP contribution in [0.1, 0.15) is 21.6 Å². The molecule has 1 aromatic carbocycles. The minimum atomic E-state index is 0.0166. The van der Waals surface area contributed by atoms with Gasteiger partial charge in [-0.05, 0) is 49.2 Å². The fraction of sp³-hybridized carbons (Fsp3) is 0.222. The number of likely N-dealkylation sites (N-methyl/N-ethyl adjacent to an activating group) is 1. The number of aromatic amines is 1. The third-order valence-corrected chi connectivity index (χ3v) is 3.84. The van der Waals surface area contributed by atoms with Gasteiger partial charge in [0.2, 0.25) is 0 Å². The second-order valence-electron chi connectivity index (χ2n) is 5.61. The van der Waals surface area contributed by atoms with E-state index in [0.29, 0.717) is 12.2 Å². The van der Waals surface area contributed by atoms with Crippen LogP contribution in [0.2, 0.25) is 0 Å². The number of hydrogen-bond acceptors (Lipinski definition) is 2. The van der Waals surface area contributed by atoms with Crippen molar-refractivity contribution in [3.05, 3.63) is 65.6 Å². The number of H-pyrrole nitrogens is 1. The van der Waals surface area contributed by atoms with Gasteiger partial charge in [-0.1, -0.05) is 11.6 Å². The number of aryl methyl sites for hydroxylation is 1. The molecule has 2 aromatic heterocycles. The molecule has 0 fully saturated rings. The Morgan fingerprint density at radius 3 is 2.73 bits per heavy atom. The number of nitrogens with zero attached hydrogens (tertiary/aromatic N) is 2. The molecule has 22 heavy (non-hydrogen) atoms. The number of amides is 1. The Labute approximate surface area is 129 Å². The molecule has 112 valence electrons. The summed E-state index contributed by atoms with van der Waals surface area (Å²) in [6, 6.07) is 12.0. The van der Waals surface area contributed by atoms with Gasteiger partial charge in [0.15, 0.2) is 0 Å². The summed E-state index contributed by atoms with van der Waals surface area (Å²) in [6.45, 7) is 2.73. The number of pyridine rings is 1. The fourth-order valence-corrected chi connectivity index (χ4v) is 2.52. The molecule has 4 nitrogen and oxygen atoms in total. The number of hydrogen-bond donors (Lipinski definition) is 1. The lowest BCUT2D eigenvalue weighted by Crippen LogP contribution is -2.29. The molecule has 0 bridgehead atoms. The van der Waals surface area contributed by atoms with E-state index in [0.717, 1.165) is 17.3 Å². The maximum absolute atomic E-state index is 12.5. The van der Waals surface area contributed by atoms with Crippen LogP contribution in [0.4, 0.5) is 0 Å². The zero-order chi connectivity index (χ0) is 15.5. The van der Waals surface area contributed by atoms with Crippen molar-refractivity contribution in [2.75, 3.05) is 13.6 Å². The SMILES string of the molecule is Cc1ccc2[nH]c(C(=O)N(C)CCc3ccncc3)cc2c1. The third kappa shape index (κ3) is 3.01. The number of nitrogens with one attached hydrogen (secondary N) is 1. The number of rotatable bonds is 4. The number of fused-ring (bicyclic) bond motifs is 1. The second-order valence-corrected chi connectivity index (χ2v) is 5.61. The van der Waals surface area contributed by atoms with Crippen LogP contribution in [-0.2, 0) is 6.42 Å². The molecule has 1 N–H and O–H groups in total. The predicted octanol–water partition coefficient (Wildman–Crippen LogP) is 3.19. The summed E-state index contributed by atoms with van der Waals surface area (Å²) in [5.41, 5.74) is 4.01. The van der Waals surface area contributed by atoms with Gasteiger partial charge in [0, 0.05) is 36.9 Å². The first-order valence-corrected chi connectivity index (χ1v) is 7.37. The zero-order valence-electron chi connectivity index (χ0n) is 12.8. The van der Waals surface area contributed by atoms with Crippen molar-refractivity contribution in [2.24, 2.45) is 0 Å². The lowest BCUT2D eigenvalue weighted by Gasteiger charge is -2.16. The molecule has 3 rings (SSSR count). The van der Waals surface area contributed by atoms with Crippen LogP contribution in [-0.4, -0.2) is 34.4 Å². The van der Waals surface area contributed by atoms with Crippen molar-refractivity contribution in [1.82, 2.24) is 14.9 Å². The highest BCUT2D eigenvalue weighted by Crippen LogP contribution is 2.18. The lowest BCUT2D eigenvalue weighted by molar-refractivity contribution is 0.0792. The Morgan fingerprint density at radius 2 is 1.95 bits per heavy atom. The van der Waals surface area contributed by atoms with E-state index in [4.69, 9.17) is 0 Å². The highest BCUT2D eigenvalue weighted by atomic mass is 16.2. The Morgan fingerprint density at radius 1 is 1.18 bits per heavy atom. The number of carbonyl (C=O) groups excluding carboxylic acids is 1. The predicted molar refractivity (Wildman–Crippen MR) is 87.9 cm³/mol. The van der Waals surface area contributed by atoms with Crippen LogP contribution in [0.5, 0.6) is 0 Å². The third-order valence-electron chi connectivity index (χ3n) is 3.84. The van der Waals surface area contributed by atoms with Crippen LogP contribution >= 0.6 is 0 Å². The topological polar surface area (TPSA) is 49.0 Å². The van der Waals surface area contributed by atoms with Gasteiger partial charge in [-0.15, -0.1) is 0 Å². The van der Waals surface area contributed by atoms with E-state index in [9.17, 15) is 4.79 Å². The van der Waals surface area contributed by atoms with Crippen molar-refractivity contribution in [1.29, 1.82) is 0 Å². The van der Waals surface area contributed by atoms with Gasteiger partial charge in [0.1, 0.15) is 5.69 Å². The molecule has 1 amide bonds. The van der Waals surface area contributed by atoms with E-state index in [1.54, 1.807) is 17.3 Å². The summed E-state index contributed by atoms with van der Waals surface area (Å²) in [5.74, 6) is 0.0166. The van der Waals surface area contributed by atoms with Crippen molar-refractivity contribution in [2.45, 2.75) is 13.3 Å². The summed E-state index contributed by atoms with van der Waals surface area (Å²) in [7, 11) is 1.83. The van der Waals surface area contributed by atoms with Crippen molar-refractivity contribution in [3.8, 4) is 0 Å². The fourth-order valence-electron chi connectivity index (χ4n) is 2.52. The molecule has 2 heterocycles. The first kappa shape index (κ1) is 14.3. The first-order valence-electron chi connectivity index (χ1n) is 7.37. The molecule has 3 aromatic rings. The normalized spacial score (nSPS) is 10.8.